The zero-order valence-corrected chi connectivity index (χ0v) is 18.2. The van der Waals surface area contributed by atoms with Crippen LogP contribution in [0.25, 0.3) is 10.7 Å². The van der Waals surface area contributed by atoms with E-state index < -0.39 is 16.1 Å². The van der Waals surface area contributed by atoms with Crippen LogP contribution in [0.4, 0.5) is 5.69 Å². The van der Waals surface area contributed by atoms with Crippen LogP contribution in [0.3, 0.4) is 0 Å². The normalized spacial score (nSPS) is 12.6. The zero-order valence-electron chi connectivity index (χ0n) is 16.6. The third-order valence-corrected chi connectivity index (χ3v) is 6.39. The van der Waals surface area contributed by atoms with Crippen LogP contribution >= 0.6 is 11.3 Å². The van der Waals surface area contributed by atoms with Crippen molar-refractivity contribution in [1.82, 2.24) is 15.0 Å². The Kier molecular flexibility index (Phi) is 6.04. The molecule has 8 nitrogen and oxygen atoms in total. The summed E-state index contributed by atoms with van der Waals surface area (Å²) in [6, 6.07) is 9.86. The van der Waals surface area contributed by atoms with Crippen LogP contribution in [0, 0.1) is 6.92 Å². The van der Waals surface area contributed by atoms with Gasteiger partial charge in [-0.05, 0) is 43.0 Å². The lowest BCUT2D eigenvalue weighted by molar-refractivity contribution is -0.131. The molecule has 0 saturated carbocycles. The van der Waals surface area contributed by atoms with Gasteiger partial charge in [-0.2, -0.15) is 4.98 Å². The first kappa shape index (κ1) is 21.0. The van der Waals surface area contributed by atoms with E-state index in [4.69, 9.17) is 4.52 Å². The number of aryl methyl sites for hydroxylation is 1. The molecule has 0 N–H and O–H groups in total. The molecule has 2 heterocycles. The number of anilines is 1. The molecule has 0 fully saturated rings. The topological polar surface area (TPSA) is 96.6 Å². The lowest BCUT2D eigenvalue weighted by Gasteiger charge is -2.30. The molecular weight excluding hydrogens is 412 g/mol. The standard InChI is InChI=1S/C19H22N4O4S2/c1-13-7-5-8-15(11-13)23(29(4,25)26)14(2)19(24)22(3)12-17-20-18(21-27-17)16-9-6-10-28-16/h5-11,14H,12H2,1-4H3. The van der Waals surface area contributed by atoms with E-state index in [0.29, 0.717) is 11.5 Å². The third kappa shape index (κ3) is 4.83. The number of nitrogens with zero attached hydrogens (tertiary/aromatic N) is 4. The number of aromatic nitrogens is 2. The Morgan fingerprint density at radius 1 is 1.28 bits per heavy atom. The highest BCUT2D eigenvalue weighted by molar-refractivity contribution is 7.92. The maximum absolute atomic E-state index is 13.0. The molecule has 0 bridgehead atoms. The number of carbonyl (C=O) groups is 1. The van der Waals surface area contributed by atoms with Crippen molar-refractivity contribution >= 4 is 33.0 Å². The second-order valence-electron chi connectivity index (χ2n) is 6.76. The molecule has 0 radical (unpaired) electrons. The van der Waals surface area contributed by atoms with Crippen molar-refractivity contribution in [2.45, 2.75) is 26.4 Å². The van der Waals surface area contributed by atoms with Crippen molar-refractivity contribution in [3.63, 3.8) is 0 Å². The van der Waals surface area contributed by atoms with Crippen molar-refractivity contribution in [2.24, 2.45) is 0 Å². The first-order valence-corrected chi connectivity index (χ1v) is 11.6. The van der Waals surface area contributed by atoms with Gasteiger partial charge in [0.15, 0.2) is 0 Å². The summed E-state index contributed by atoms with van der Waals surface area (Å²) in [5, 5.41) is 5.84. The van der Waals surface area contributed by atoms with Crippen LogP contribution in [0.5, 0.6) is 0 Å². The smallest absolute Gasteiger partial charge is 0.246 e. The summed E-state index contributed by atoms with van der Waals surface area (Å²) < 4.78 is 31.2. The quantitative estimate of drug-likeness (QED) is 0.567. The summed E-state index contributed by atoms with van der Waals surface area (Å²) in [6.07, 6.45) is 1.09. The van der Waals surface area contributed by atoms with Gasteiger partial charge >= 0.3 is 0 Å². The predicted molar refractivity (Wildman–Crippen MR) is 112 cm³/mol. The summed E-state index contributed by atoms with van der Waals surface area (Å²) >= 11 is 1.49. The molecule has 0 aliphatic heterocycles. The molecule has 0 spiro atoms. The Bertz CT molecular complexity index is 1090. The Morgan fingerprint density at radius 3 is 2.66 bits per heavy atom. The summed E-state index contributed by atoms with van der Waals surface area (Å²) in [5.74, 6) is 0.354. The first-order valence-electron chi connectivity index (χ1n) is 8.84. The molecule has 10 heteroatoms. The maximum atomic E-state index is 13.0. The molecule has 0 aliphatic carbocycles. The van der Waals surface area contributed by atoms with Gasteiger partial charge < -0.3 is 9.42 Å². The molecule has 154 valence electrons. The fourth-order valence-corrected chi connectivity index (χ4v) is 4.80. The summed E-state index contributed by atoms with van der Waals surface area (Å²) in [5.41, 5.74) is 1.34. The summed E-state index contributed by atoms with van der Waals surface area (Å²) in [7, 11) is -2.10. The minimum atomic E-state index is -3.68. The number of amides is 1. The van der Waals surface area contributed by atoms with Crippen molar-refractivity contribution in [1.29, 1.82) is 0 Å². The van der Waals surface area contributed by atoms with Crippen molar-refractivity contribution in [3.05, 3.63) is 53.2 Å². The highest BCUT2D eigenvalue weighted by Crippen LogP contribution is 2.24. The van der Waals surface area contributed by atoms with Gasteiger partial charge in [0.1, 0.15) is 6.04 Å². The van der Waals surface area contributed by atoms with Gasteiger partial charge in [0.2, 0.25) is 27.6 Å². The van der Waals surface area contributed by atoms with E-state index >= 15 is 0 Å². The average Bonchev–Trinajstić information content (AvgIpc) is 3.31. The third-order valence-electron chi connectivity index (χ3n) is 4.28. The molecule has 1 unspecified atom stereocenters. The van der Waals surface area contributed by atoms with E-state index in [1.165, 1.54) is 16.2 Å². The molecule has 1 atom stereocenters. The summed E-state index contributed by atoms with van der Waals surface area (Å²) in [4.78, 5) is 19.5. The first-order chi connectivity index (χ1) is 13.7. The van der Waals surface area contributed by atoms with Gasteiger partial charge in [0, 0.05) is 7.05 Å². The Balaban J connectivity index is 1.78. The number of hydrogen-bond acceptors (Lipinski definition) is 7. The number of carbonyl (C=O) groups excluding carboxylic acids is 1. The van der Waals surface area contributed by atoms with Crippen LogP contribution in [0.1, 0.15) is 18.4 Å². The fourth-order valence-electron chi connectivity index (χ4n) is 2.99. The van der Waals surface area contributed by atoms with Crippen LogP contribution in [-0.2, 0) is 21.4 Å². The second kappa shape index (κ2) is 8.34. The summed E-state index contributed by atoms with van der Waals surface area (Å²) in [6.45, 7) is 3.50. The van der Waals surface area contributed by atoms with Crippen LogP contribution in [0.15, 0.2) is 46.3 Å². The van der Waals surface area contributed by atoms with Crippen molar-refractivity contribution in [3.8, 4) is 10.7 Å². The molecule has 3 rings (SSSR count). The van der Waals surface area contributed by atoms with Gasteiger partial charge in [-0.15, -0.1) is 11.3 Å². The SMILES string of the molecule is Cc1cccc(N(C(C)C(=O)N(C)Cc2nc(-c3cccs3)no2)S(C)(=O)=O)c1. The van der Waals surface area contributed by atoms with Gasteiger partial charge in [-0.3, -0.25) is 9.10 Å². The molecule has 0 saturated heterocycles. The predicted octanol–water partition coefficient (Wildman–Crippen LogP) is 2.92. The van der Waals surface area contributed by atoms with E-state index in [0.717, 1.165) is 21.0 Å². The largest absolute Gasteiger partial charge is 0.337 e. The van der Waals surface area contributed by atoms with Crippen LogP contribution in [-0.4, -0.2) is 48.7 Å². The molecule has 1 amide bonds. The van der Waals surface area contributed by atoms with Gasteiger partial charge in [-0.25, -0.2) is 8.42 Å². The molecular formula is C19H22N4O4S2. The van der Waals surface area contributed by atoms with E-state index in [2.05, 4.69) is 10.1 Å². The number of hydrogen-bond donors (Lipinski definition) is 0. The second-order valence-corrected chi connectivity index (χ2v) is 9.56. The number of likely N-dealkylation sites (N-methyl/N-ethyl adjacent to an activating group) is 1. The molecule has 3 aromatic rings. The van der Waals surface area contributed by atoms with Gasteiger partial charge in [0.05, 0.1) is 23.4 Å². The fraction of sp³-hybridized carbons (Fsp3) is 0.316. The number of rotatable bonds is 7. The highest BCUT2D eigenvalue weighted by atomic mass is 32.2. The lowest BCUT2D eigenvalue weighted by Crippen LogP contribution is -2.48. The van der Waals surface area contributed by atoms with E-state index in [1.807, 2.05) is 30.5 Å². The van der Waals surface area contributed by atoms with Crippen LogP contribution < -0.4 is 4.31 Å². The number of sulfonamides is 1. The van der Waals surface area contributed by atoms with E-state index in [1.54, 1.807) is 32.2 Å². The Morgan fingerprint density at radius 2 is 2.03 bits per heavy atom. The Labute approximate surface area is 173 Å². The monoisotopic (exact) mass is 434 g/mol. The van der Waals surface area contributed by atoms with E-state index in [9.17, 15) is 13.2 Å². The van der Waals surface area contributed by atoms with Gasteiger partial charge in [-0.1, -0.05) is 23.4 Å². The van der Waals surface area contributed by atoms with Gasteiger partial charge in [0.25, 0.3) is 0 Å². The highest BCUT2D eigenvalue weighted by Gasteiger charge is 2.31. The zero-order chi connectivity index (χ0) is 21.2. The van der Waals surface area contributed by atoms with Crippen molar-refractivity contribution in [2.75, 3.05) is 17.6 Å². The number of thiophene rings is 1. The maximum Gasteiger partial charge on any atom is 0.246 e. The van der Waals surface area contributed by atoms with Crippen LogP contribution in [0.2, 0.25) is 0 Å². The minimum absolute atomic E-state index is 0.0764. The average molecular weight is 435 g/mol. The Hall–Kier alpha value is -2.72. The molecule has 2 aromatic heterocycles. The van der Waals surface area contributed by atoms with E-state index in [-0.39, 0.29) is 18.3 Å². The lowest BCUT2D eigenvalue weighted by atomic mass is 10.2. The molecule has 0 aliphatic rings. The molecule has 29 heavy (non-hydrogen) atoms. The van der Waals surface area contributed by atoms with Crippen molar-refractivity contribution < 1.29 is 17.7 Å². The number of benzene rings is 1. The molecule has 1 aromatic carbocycles. The minimum Gasteiger partial charge on any atom is -0.337 e.